The van der Waals surface area contributed by atoms with Crippen LogP contribution < -0.4 is 21.9 Å². The summed E-state index contributed by atoms with van der Waals surface area (Å²) in [6.45, 7) is 4.00. The number of H-pyrrole nitrogens is 2. The first-order chi connectivity index (χ1) is 18.8. The first kappa shape index (κ1) is 28.7. The van der Waals surface area contributed by atoms with Crippen molar-refractivity contribution in [3.05, 3.63) is 91.6 Å². The Bertz CT molecular complexity index is 1580. The molecule has 10 nitrogen and oxygen atoms in total. The van der Waals surface area contributed by atoms with E-state index in [1.807, 2.05) is 26.0 Å². The number of aromatic hydroxyl groups is 1. The van der Waals surface area contributed by atoms with Gasteiger partial charge in [0.2, 0.25) is 17.7 Å². The SMILES string of the molecule is CC(C)c1ccc(C(N=C2NC(=O)C(CC(=O)Nc3cccc(C(F)(F)F)c3)S2)c2c(O)[nH]c(=O)[nH]c2=O)cc1. The van der Waals surface area contributed by atoms with Crippen LogP contribution in [-0.4, -0.2) is 37.3 Å². The van der Waals surface area contributed by atoms with Crippen LogP contribution >= 0.6 is 11.8 Å². The Labute approximate surface area is 229 Å². The monoisotopic (exact) mass is 575 g/mol. The van der Waals surface area contributed by atoms with E-state index >= 15 is 0 Å². The summed E-state index contributed by atoms with van der Waals surface area (Å²) in [5.41, 5.74) is -1.57. The zero-order chi connectivity index (χ0) is 29.2. The molecule has 0 radical (unpaired) electrons. The molecule has 0 saturated carbocycles. The van der Waals surface area contributed by atoms with Crippen molar-refractivity contribution in [2.24, 2.45) is 4.99 Å². The maximum absolute atomic E-state index is 13.0. The van der Waals surface area contributed by atoms with E-state index in [-0.39, 0.29) is 28.8 Å². The van der Waals surface area contributed by atoms with Crippen LogP contribution in [0, 0.1) is 0 Å². The van der Waals surface area contributed by atoms with E-state index in [1.165, 1.54) is 6.07 Å². The largest absolute Gasteiger partial charge is 0.494 e. The van der Waals surface area contributed by atoms with Crippen LogP contribution in [0.25, 0.3) is 0 Å². The average Bonchev–Trinajstić information content (AvgIpc) is 3.20. The second-order valence-electron chi connectivity index (χ2n) is 9.26. The molecule has 40 heavy (non-hydrogen) atoms. The number of hydrogen-bond acceptors (Lipinski definition) is 7. The van der Waals surface area contributed by atoms with E-state index < -0.39 is 52.0 Å². The third-order valence-corrected chi connectivity index (χ3v) is 7.11. The van der Waals surface area contributed by atoms with E-state index in [1.54, 1.807) is 12.1 Å². The Balaban J connectivity index is 1.58. The second-order valence-corrected chi connectivity index (χ2v) is 10.4. The number of hydrogen-bond donors (Lipinski definition) is 5. The highest BCUT2D eigenvalue weighted by Gasteiger charge is 2.34. The lowest BCUT2D eigenvalue weighted by molar-refractivity contribution is -0.137. The number of aliphatic imine (C=N–C) groups is 1. The minimum absolute atomic E-state index is 0.0461. The molecule has 1 aromatic heterocycles. The van der Waals surface area contributed by atoms with Crippen LogP contribution in [0.1, 0.15) is 54.5 Å². The van der Waals surface area contributed by atoms with E-state index in [2.05, 4.69) is 25.6 Å². The third kappa shape index (κ3) is 6.62. The van der Waals surface area contributed by atoms with Crippen LogP contribution in [-0.2, 0) is 15.8 Å². The Kier molecular flexibility index (Phi) is 8.18. The highest BCUT2D eigenvalue weighted by atomic mass is 32.2. The second kappa shape index (κ2) is 11.4. The number of aromatic amines is 2. The van der Waals surface area contributed by atoms with Crippen molar-refractivity contribution in [2.75, 3.05) is 5.32 Å². The zero-order valence-corrected chi connectivity index (χ0v) is 21.9. The minimum Gasteiger partial charge on any atom is -0.494 e. The van der Waals surface area contributed by atoms with Crippen molar-refractivity contribution in [2.45, 2.75) is 43.7 Å². The van der Waals surface area contributed by atoms with E-state index in [0.29, 0.717) is 5.56 Å². The van der Waals surface area contributed by atoms with E-state index in [9.17, 15) is 37.5 Å². The van der Waals surface area contributed by atoms with Gasteiger partial charge in [0.1, 0.15) is 16.9 Å². The molecule has 1 aliphatic heterocycles. The minimum atomic E-state index is -4.58. The van der Waals surface area contributed by atoms with Gasteiger partial charge in [0.15, 0.2) is 5.17 Å². The van der Waals surface area contributed by atoms with Crippen molar-refractivity contribution in [1.82, 2.24) is 15.3 Å². The predicted octanol–water partition coefficient (Wildman–Crippen LogP) is 3.62. The number of alkyl halides is 3. The molecule has 2 aromatic carbocycles. The quantitative estimate of drug-likeness (QED) is 0.290. The molecule has 1 fully saturated rings. The number of benzene rings is 2. The molecule has 3 aromatic rings. The van der Waals surface area contributed by atoms with Crippen LogP contribution in [0.2, 0.25) is 0 Å². The van der Waals surface area contributed by atoms with Gasteiger partial charge in [0, 0.05) is 12.1 Å². The molecule has 1 saturated heterocycles. The number of anilines is 1. The normalized spacial score (nSPS) is 17.2. The van der Waals surface area contributed by atoms with Crippen molar-refractivity contribution in [3.8, 4) is 5.88 Å². The Hall–Kier alpha value is -4.33. The summed E-state index contributed by atoms with van der Waals surface area (Å²) >= 11 is 0.888. The molecule has 2 unspecified atom stereocenters. The highest BCUT2D eigenvalue weighted by Crippen LogP contribution is 2.33. The van der Waals surface area contributed by atoms with Gasteiger partial charge in [0.25, 0.3) is 5.56 Å². The topological polar surface area (TPSA) is 157 Å². The Morgan fingerprint density at radius 2 is 1.75 bits per heavy atom. The van der Waals surface area contributed by atoms with Crippen LogP contribution in [0.15, 0.2) is 63.1 Å². The molecule has 2 amide bonds. The van der Waals surface area contributed by atoms with Crippen molar-refractivity contribution >= 4 is 34.4 Å². The maximum Gasteiger partial charge on any atom is 0.416 e. The fourth-order valence-electron chi connectivity index (χ4n) is 3.98. The lowest BCUT2D eigenvalue weighted by atomic mass is 9.96. The molecule has 2 atom stereocenters. The molecule has 2 heterocycles. The van der Waals surface area contributed by atoms with Gasteiger partial charge < -0.3 is 15.7 Å². The van der Waals surface area contributed by atoms with E-state index in [0.717, 1.165) is 35.5 Å². The average molecular weight is 576 g/mol. The number of nitrogens with zero attached hydrogens (tertiary/aromatic N) is 1. The predicted molar refractivity (Wildman–Crippen MR) is 143 cm³/mol. The number of carbonyl (C=O) groups is 2. The van der Waals surface area contributed by atoms with Crippen molar-refractivity contribution in [1.29, 1.82) is 0 Å². The molecule has 210 valence electrons. The Morgan fingerprint density at radius 1 is 1.07 bits per heavy atom. The number of rotatable bonds is 7. The smallest absolute Gasteiger partial charge is 0.416 e. The van der Waals surface area contributed by atoms with Crippen molar-refractivity contribution in [3.63, 3.8) is 0 Å². The molecule has 0 aliphatic carbocycles. The molecule has 0 bridgehead atoms. The molecule has 5 N–H and O–H groups in total. The van der Waals surface area contributed by atoms with Gasteiger partial charge >= 0.3 is 11.9 Å². The number of thioether (sulfide) groups is 1. The summed E-state index contributed by atoms with van der Waals surface area (Å²) in [4.78, 5) is 58.0. The summed E-state index contributed by atoms with van der Waals surface area (Å²) < 4.78 is 38.9. The number of amides is 2. The molecule has 14 heteroatoms. The number of amidine groups is 1. The highest BCUT2D eigenvalue weighted by molar-refractivity contribution is 8.15. The molecule has 0 spiro atoms. The van der Waals surface area contributed by atoms with Gasteiger partial charge in [-0.2, -0.15) is 13.2 Å². The first-order valence-electron chi connectivity index (χ1n) is 12.0. The standard InChI is InChI=1S/C26H24F3N5O5S/c1-12(2)13-6-8-14(9-7-13)20(19-22(37)32-24(39)33-23(19)38)31-25-34-21(36)17(40-25)11-18(35)30-16-5-3-4-15(10-16)26(27,28)29/h3-10,12,17,20H,11H2,1-2H3,(H,30,35)(H,31,34,36)(H3,32,33,37,38,39). The summed E-state index contributed by atoms with van der Waals surface area (Å²) in [6, 6.07) is 10.0. The first-order valence-corrected chi connectivity index (χ1v) is 12.9. The molecular formula is C26H24F3N5O5S. The fourth-order valence-corrected chi connectivity index (χ4v) is 4.97. The van der Waals surface area contributed by atoms with Gasteiger partial charge in [-0.15, -0.1) is 0 Å². The molecular weight excluding hydrogens is 551 g/mol. The fraction of sp³-hybridized carbons (Fsp3) is 0.269. The number of carbonyl (C=O) groups excluding carboxylic acids is 2. The van der Waals surface area contributed by atoms with Crippen LogP contribution in [0.5, 0.6) is 5.88 Å². The maximum atomic E-state index is 13.0. The van der Waals surface area contributed by atoms with Crippen LogP contribution in [0.3, 0.4) is 0 Å². The number of halogens is 3. The molecule has 1 aliphatic rings. The number of nitrogens with one attached hydrogen (secondary N) is 4. The number of aromatic nitrogens is 2. The lowest BCUT2D eigenvalue weighted by Crippen LogP contribution is -2.29. The van der Waals surface area contributed by atoms with Gasteiger partial charge in [-0.25, -0.2) is 9.79 Å². The van der Waals surface area contributed by atoms with Gasteiger partial charge in [-0.3, -0.25) is 24.4 Å². The zero-order valence-electron chi connectivity index (χ0n) is 21.1. The summed E-state index contributed by atoms with van der Waals surface area (Å²) in [7, 11) is 0. The lowest BCUT2D eigenvalue weighted by Gasteiger charge is -2.15. The van der Waals surface area contributed by atoms with Crippen LogP contribution in [0.4, 0.5) is 18.9 Å². The van der Waals surface area contributed by atoms with Gasteiger partial charge in [-0.05, 0) is 35.2 Å². The summed E-state index contributed by atoms with van der Waals surface area (Å²) in [5, 5.41) is 14.4. The third-order valence-electron chi connectivity index (χ3n) is 6.02. The molecule has 4 rings (SSSR count). The van der Waals surface area contributed by atoms with Crippen molar-refractivity contribution < 1.29 is 27.9 Å². The summed E-state index contributed by atoms with van der Waals surface area (Å²) in [6.07, 6.45) is -4.95. The Morgan fingerprint density at radius 3 is 2.38 bits per heavy atom. The van der Waals surface area contributed by atoms with Gasteiger partial charge in [-0.1, -0.05) is 55.9 Å². The summed E-state index contributed by atoms with van der Waals surface area (Å²) in [5.74, 6) is -1.74. The van der Waals surface area contributed by atoms with Gasteiger partial charge in [0.05, 0.1) is 5.56 Å². The van der Waals surface area contributed by atoms with E-state index in [4.69, 9.17) is 0 Å².